The van der Waals surface area contributed by atoms with Crippen LogP contribution in [-0.4, -0.2) is 30.4 Å². The summed E-state index contributed by atoms with van der Waals surface area (Å²) in [5, 5.41) is 3.32. The molecule has 1 aliphatic heterocycles. The molecule has 0 atom stereocenters. The minimum atomic E-state index is -0.251. The van der Waals surface area contributed by atoms with E-state index < -0.39 is 0 Å². The summed E-state index contributed by atoms with van der Waals surface area (Å²) < 4.78 is 18.7. The summed E-state index contributed by atoms with van der Waals surface area (Å²) in [6.45, 7) is 3.22. The SMILES string of the molecule is O=C1CCCN1CCCNCc1ccc(-c2ccc(F)cc2)o1. The van der Waals surface area contributed by atoms with E-state index in [1.807, 2.05) is 17.0 Å². The summed E-state index contributed by atoms with van der Waals surface area (Å²) >= 11 is 0. The van der Waals surface area contributed by atoms with Crippen LogP contribution >= 0.6 is 0 Å². The number of likely N-dealkylation sites (tertiary alicyclic amines) is 1. The van der Waals surface area contributed by atoms with Gasteiger partial charge in [0.1, 0.15) is 17.3 Å². The van der Waals surface area contributed by atoms with Gasteiger partial charge < -0.3 is 14.6 Å². The number of halogens is 1. The summed E-state index contributed by atoms with van der Waals surface area (Å²) in [4.78, 5) is 13.4. The molecule has 122 valence electrons. The lowest BCUT2D eigenvalue weighted by Crippen LogP contribution is -2.28. The number of carbonyl (C=O) groups is 1. The van der Waals surface area contributed by atoms with Crippen LogP contribution in [0.3, 0.4) is 0 Å². The molecular weight excluding hydrogens is 295 g/mol. The molecule has 1 saturated heterocycles. The van der Waals surface area contributed by atoms with Gasteiger partial charge in [0.25, 0.3) is 0 Å². The number of furan rings is 1. The molecule has 1 amide bonds. The molecular formula is C18H21FN2O2. The van der Waals surface area contributed by atoms with Gasteiger partial charge in [-0.1, -0.05) is 0 Å². The van der Waals surface area contributed by atoms with E-state index in [4.69, 9.17) is 4.42 Å². The molecule has 1 N–H and O–H groups in total. The van der Waals surface area contributed by atoms with Crippen LogP contribution < -0.4 is 5.32 Å². The molecule has 2 heterocycles. The minimum Gasteiger partial charge on any atom is -0.460 e. The van der Waals surface area contributed by atoms with Gasteiger partial charge >= 0.3 is 0 Å². The Hall–Kier alpha value is -2.14. The van der Waals surface area contributed by atoms with Crippen LogP contribution in [0.1, 0.15) is 25.0 Å². The lowest BCUT2D eigenvalue weighted by molar-refractivity contribution is -0.127. The van der Waals surface area contributed by atoms with E-state index in [1.54, 1.807) is 12.1 Å². The number of hydrogen-bond acceptors (Lipinski definition) is 3. The highest BCUT2D eigenvalue weighted by molar-refractivity contribution is 5.77. The molecule has 0 saturated carbocycles. The predicted octanol–water partition coefficient (Wildman–Crippen LogP) is 3.19. The molecule has 1 aromatic heterocycles. The number of nitrogens with zero attached hydrogens (tertiary/aromatic N) is 1. The molecule has 1 aromatic carbocycles. The molecule has 0 aliphatic carbocycles. The maximum atomic E-state index is 12.9. The number of hydrogen-bond donors (Lipinski definition) is 1. The van der Waals surface area contributed by atoms with Crippen LogP contribution in [0.25, 0.3) is 11.3 Å². The summed E-state index contributed by atoms with van der Waals surface area (Å²) in [7, 11) is 0. The molecule has 0 spiro atoms. The van der Waals surface area contributed by atoms with Gasteiger partial charge in [0.05, 0.1) is 6.54 Å². The summed E-state index contributed by atoms with van der Waals surface area (Å²) in [6.07, 6.45) is 2.63. The number of amides is 1. The molecule has 4 nitrogen and oxygen atoms in total. The fourth-order valence-corrected chi connectivity index (χ4v) is 2.79. The van der Waals surface area contributed by atoms with E-state index in [1.165, 1.54) is 12.1 Å². The van der Waals surface area contributed by atoms with Crippen LogP contribution in [0.15, 0.2) is 40.8 Å². The number of nitrogens with one attached hydrogen (secondary N) is 1. The Bertz CT molecular complexity index is 651. The third kappa shape index (κ3) is 4.20. The van der Waals surface area contributed by atoms with E-state index in [0.29, 0.717) is 13.0 Å². The zero-order valence-corrected chi connectivity index (χ0v) is 13.1. The first-order valence-electron chi connectivity index (χ1n) is 8.05. The monoisotopic (exact) mass is 316 g/mol. The highest BCUT2D eigenvalue weighted by Gasteiger charge is 2.18. The average molecular weight is 316 g/mol. The quantitative estimate of drug-likeness (QED) is 0.798. The number of rotatable bonds is 7. The van der Waals surface area contributed by atoms with Crippen molar-refractivity contribution in [2.75, 3.05) is 19.6 Å². The van der Waals surface area contributed by atoms with Crippen molar-refractivity contribution in [3.05, 3.63) is 48.0 Å². The van der Waals surface area contributed by atoms with E-state index in [-0.39, 0.29) is 11.7 Å². The van der Waals surface area contributed by atoms with Gasteiger partial charge in [-0.05, 0) is 55.8 Å². The molecule has 0 bridgehead atoms. The number of carbonyl (C=O) groups excluding carboxylic acids is 1. The van der Waals surface area contributed by atoms with Crippen LogP contribution in [0, 0.1) is 5.82 Å². The van der Waals surface area contributed by atoms with Crippen LogP contribution in [0.2, 0.25) is 0 Å². The normalized spacial score (nSPS) is 14.7. The molecule has 3 rings (SSSR count). The first-order valence-corrected chi connectivity index (χ1v) is 8.05. The summed E-state index contributed by atoms with van der Waals surface area (Å²) in [5.74, 6) is 1.62. The van der Waals surface area contributed by atoms with Crippen molar-refractivity contribution in [1.82, 2.24) is 10.2 Å². The third-order valence-corrected chi connectivity index (χ3v) is 4.04. The van der Waals surface area contributed by atoms with Gasteiger partial charge in [0.2, 0.25) is 5.91 Å². The van der Waals surface area contributed by atoms with Crippen molar-refractivity contribution in [2.45, 2.75) is 25.8 Å². The molecule has 0 unspecified atom stereocenters. The van der Waals surface area contributed by atoms with Crippen LogP contribution in [-0.2, 0) is 11.3 Å². The largest absolute Gasteiger partial charge is 0.460 e. The second kappa shape index (κ2) is 7.42. The molecule has 1 aliphatic rings. The Morgan fingerprint density at radius 1 is 1.17 bits per heavy atom. The van der Waals surface area contributed by atoms with Crippen LogP contribution in [0.4, 0.5) is 4.39 Å². The Labute approximate surface area is 135 Å². The number of benzene rings is 1. The smallest absolute Gasteiger partial charge is 0.222 e. The molecule has 2 aromatic rings. The van der Waals surface area contributed by atoms with Crippen molar-refractivity contribution < 1.29 is 13.6 Å². The maximum Gasteiger partial charge on any atom is 0.222 e. The summed E-state index contributed by atoms with van der Waals surface area (Å²) in [6, 6.07) is 10.1. The Morgan fingerprint density at radius 3 is 2.74 bits per heavy atom. The Balaban J connectivity index is 1.41. The van der Waals surface area contributed by atoms with Gasteiger partial charge in [0, 0.05) is 25.1 Å². The topological polar surface area (TPSA) is 45.5 Å². The highest BCUT2D eigenvalue weighted by Crippen LogP contribution is 2.22. The molecule has 1 fully saturated rings. The lowest BCUT2D eigenvalue weighted by atomic mass is 10.2. The minimum absolute atomic E-state index is 0.251. The van der Waals surface area contributed by atoms with Crippen molar-refractivity contribution in [3.8, 4) is 11.3 Å². The van der Waals surface area contributed by atoms with E-state index in [2.05, 4.69) is 5.32 Å². The van der Waals surface area contributed by atoms with Crippen molar-refractivity contribution in [3.63, 3.8) is 0 Å². The fraction of sp³-hybridized carbons (Fsp3) is 0.389. The highest BCUT2D eigenvalue weighted by atomic mass is 19.1. The second-order valence-corrected chi connectivity index (χ2v) is 5.79. The van der Waals surface area contributed by atoms with E-state index in [0.717, 1.165) is 49.6 Å². The van der Waals surface area contributed by atoms with Crippen molar-refractivity contribution in [2.24, 2.45) is 0 Å². The predicted molar refractivity (Wildman–Crippen MR) is 86.2 cm³/mol. The molecule has 23 heavy (non-hydrogen) atoms. The van der Waals surface area contributed by atoms with Crippen LogP contribution in [0.5, 0.6) is 0 Å². The lowest BCUT2D eigenvalue weighted by Gasteiger charge is -2.14. The zero-order valence-electron chi connectivity index (χ0n) is 13.1. The van der Waals surface area contributed by atoms with Gasteiger partial charge in [0.15, 0.2) is 0 Å². The Kier molecular flexibility index (Phi) is 5.08. The summed E-state index contributed by atoms with van der Waals surface area (Å²) in [5.41, 5.74) is 0.866. The second-order valence-electron chi connectivity index (χ2n) is 5.79. The van der Waals surface area contributed by atoms with Crippen molar-refractivity contribution in [1.29, 1.82) is 0 Å². The van der Waals surface area contributed by atoms with E-state index >= 15 is 0 Å². The van der Waals surface area contributed by atoms with E-state index in [9.17, 15) is 9.18 Å². The third-order valence-electron chi connectivity index (χ3n) is 4.04. The van der Waals surface area contributed by atoms with Gasteiger partial charge in [-0.25, -0.2) is 4.39 Å². The standard InChI is InChI=1S/C18H21FN2O2/c19-15-6-4-14(5-7-15)17-9-8-16(23-17)13-20-10-2-12-21-11-1-3-18(21)22/h4-9,20H,1-3,10-13H2. The maximum absolute atomic E-state index is 12.9. The van der Waals surface area contributed by atoms with Gasteiger partial charge in [-0.3, -0.25) is 4.79 Å². The molecule has 0 radical (unpaired) electrons. The van der Waals surface area contributed by atoms with Crippen molar-refractivity contribution >= 4 is 5.91 Å². The Morgan fingerprint density at radius 2 is 2.00 bits per heavy atom. The fourth-order valence-electron chi connectivity index (χ4n) is 2.79. The van der Waals surface area contributed by atoms with Gasteiger partial charge in [-0.2, -0.15) is 0 Å². The van der Waals surface area contributed by atoms with Gasteiger partial charge in [-0.15, -0.1) is 0 Å². The average Bonchev–Trinajstić information content (AvgIpc) is 3.17. The first kappa shape index (κ1) is 15.7. The molecule has 5 heteroatoms. The zero-order chi connectivity index (χ0) is 16.1. The first-order chi connectivity index (χ1) is 11.2.